The van der Waals surface area contributed by atoms with Gasteiger partial charge in [-0.15, -0.1) is 0 Å². The second-order valence-corrected chi connectivity index (χ2v) is 6.99. The molecular formula is C20H22N4O2. The zero-order valence-corrected chi connectivity index (χ0v) is 14.9. The lowest BCUT2D eigenvalue weighted by Crippen LogP contribution is -2.35. The maximum atomic E-state index is 12.6. The lowest BCUT2D eigenvalue weighted by molar-refractivity contribution is -0.129. The fourth-order valence-corrected chi connectivity index (χ4v) is 3.72. The Bertz CT molecular complexity index is 837. The number of benzene rings is 1. The molecule has 0 unspecified atom stereocenters. The number of carbonyl (C=O) groups excluding carboxylic acids is 2. The molecule has 134 valence electrons. The van der Waals surface area contributed by atoms with Crippen molar-refractivity contribution in [1.82, 2.24) is 19.8 Å². The minimum Gasteiger partial charge on any atom is -0.338 e. The Kier molecular flexibility index (Phi) is 4.41. The quantitative estimate of drug-likeness (QED) is 0.831. The third-order valence-electron chi connectivity index (χ3n) is 5.26. The van der Waals surface area contributed by atoms with Crippen molar-refractivity contribution in [3.8, 4) is 0 Å². The van der Waals surface area contributed by atoms with Crippen molar-refractivity contribution >= 4 is 11.8 Å². The molecule has 1 aromatic heterocycles. The molecule has 1 atom stereocenters. The number of rotatable bonds is 2. The molecule has 26 heavy (non-hydrogen) atoms. The van der Waals surface area contributed by atoms with E-state index in [1.807, 2.05) is 46.3 Å². The van der Waals surface area contributed by atoms with Crippen LogP contribution in [0.1, 0.15) is 46.7 Å². The number of likely N-dealkylation sites (tertiary alicyclic amines) is 1. The van der Waals surface area contributed by atoms with E-state index in [0.29, 0.717) is 19.6 Å². The Balaban J connectivity index is 1.46. The molecule has 0 radical (unpaired) electrons. The van der Waals surface area contributed by atoms with Crippen LogP contribution in [0.15, 0.2) is 36.5 Å². The fourth-order valence-electron chi connectivity index (χ4n) is 3.72. The van der Waals surface area contributed by atoms with E-state index in [1.54, 1.807) is 6.92 Å². The smallest absolute Gasteiger partial charge is 0.253 e. The van der Waals surface area contributed by atoms with E-state index in [9.17, 15) is 9.59 Å². The van der Waals surface area contributed by atoms with E-state index in [0.717, 1.165) is 42.0 Å². The van der Waals surface area contributed by atoms with Gasteiger partial charge in [-0.2, -0.15) is 0 Å². The zero-order valence-electron chi connectivity index (χ0n) is 14.9. The summed E-state index contributed by atoms with van der Waals surface area (Å²) < 4.78 is 0. The molecule has 4 rings (SSSR count). The van der Waals surface area contributed by atoms with Gasteiger partial charge in [-0.1, -0.05) is 18.2 Å². The molecule has 0 aliphatic carbocycles. The van der Waals surface area contributed by atoms with Crippen LogP contribution in [0.4, 0.5) is 0 Å². The van der Waals surface area contributed by atoms with E-state index in [1.165, 1.54) is 0 Å². The molecule has 2 aliphatic heterocycles. The highest BCUT2D eigenvalue weighted by atomic mass is 16.2. The second-order valence-electron chi connectivity index (χ2n) is 6.99. The van der Waals surface area contributed by atoms with Gasteiger partial charge in [-0.05, 0) is 18.6 Å². The van der Waals surface area contributed by atoms with Crippen LogP contribution in [0, 0.1) is 0 Å². The van der Waals surface area contributed by atoms with Crippen LogP contribution < -0.4 is 0 Å². The van der Waals surface area contributed by atoms with Crippen molar-refractivity contribution < 1.29 is 9.59 Å². The molecule has 2 aromatic rings. The van der Waals surface area contributed by atoms with Gasteiger partial charge < -0.3 is 9.80 Å². The molecule has 2 aliphatic rings. The SMILES string of the molecule is CC(=O)N1CCc2nc([C@H]3CCN(C(=O)c4ccccc4)C3)ncc2C1. The molecule has 1 aromatic carbocycles. The molecule has 6 heteroatoms. The van der Waals surface area contributed by atoms with Crippen LogP contribution in [-0.4, -0.2) is 51.2 Å². The first-order valence-electron chi connectivity index (χ1n) is 9.06. The van der Waals surface area contributed by atoms with Gasteiger partial charge in [0, 0.05) is 62.8 Å². The lowest BCUT2D eigenvalue weighted by Gasteiger charge is -2.27. The average Bonchev–Trinajstić information content (AvgIpc) is 3.17. The normalized spacial score (nSPS) is 19.3. The molecular weight excluding hydrogens is 328 g/mol. The molecule has 3 heterocycles. The fraction of sp³-hybridized carbons (Fsp3) is 0.400. The molecule has 0 N–H and O–H groups in total. The van der Waals surface area contributed by atoms with Crippen molar-refractivity contribution in [1.29, 1.82) is 0 Å². The zero-order chi connectivity index (χ0) is 18.1. The van der Waals surface area contributed by atoms with E-state index in [2.05, 4.69) is 4.98 Å². The average molecular weight is 350 g/mol. The number of fused-ring (bicyclic) bond motifs is 1. The van der Waals surface area contributed by atoms with Gasteiger partial charge in [0.2, 0.25) is 5.91 Å². The van der Waals surface area contributed by atoms with Crippen molar-refractivity contribution in [2.75, 3.05) is 19.6 Å². The van der Waals surface area contributed by atoms with E-state index < -0.39 is 0 Å². The third-order valence-corrected chi connectivity index (χ3v) is 5.26. The Morgan fingerprint density at radius 1 is 1.12 bits per heavy atom. The van der Waals surface area contributed by atoms with Gasteiger partial charge >= 0.3 is 0 Å². The number of nitrogens with zero attached hydrogens (tertiary/aromatic N) is 4. The first-order valence-corrected chi connectivity index (χ1v) is 9.06. The van der Waals surface area contributed by atoms with Gasteiger partial charge in [0.05, 0.1) is 5.69 Å². The summed E-state index contributed by atoms with van der Waals surface area (Å²) in [6.45, 7) is 4.29. The summed E-state index contributed by atoms with van der Waals surface area (Å²) in [5, 5.41) is 0. The van der Waals surface area contributed by atoms with Gasteiger partial charge in [0.25, 0.3) is 5.91 Å². The van der Waals surface area contributed by atoms with E-state index in [-0.39, 0.29) is 17.7 Å². The van der Waals surface area contributed by atoms with Crippen LogP contribution in [-0.2, 0) is 17.8 Å². The minimum absolute atomic E-state index is 0.0724. The summed E-state index contributed by atoms with van der Waals surface area (Å²) in [4.78, 5) is 37.2. The predicted molar refractivity (Wildman–Crippen MR) is 96.5 cm³/mol. The molecule has 1 fully saturated rings. The lowest BCUT2D eigenvalue weighted by atomic mass is 10.0. The van der Waals surface area contributed by atoms with Crippen molar-refractivity contribution in [2.45, 2.75) is 32.2 Å². The van der Waals surface area contributed by atoms with Crippen LogP contribution in [0.5, 0.6) is 0 Å². The van der Waals surface area contributed by atoms with E-state index >= 15 is 0 Å². The number of aromatic nitrogens is 2. The maximum absolute atomic E-state index is 12.6. The van der Waals surface area contributed by atoms with Crippen molar-refractivity contribution in [3.05, 3.63) is 59.2 Å². The summed E-state index contributed by atoms with van der Waals surface area (Å²) in [5.41, 5.74) is 2.80. The Morgan fingerprint density at radius 2 is 1.92 bits per heavy atom. The Labute approximate surface area is 152 Å². The minimum atomic E-state index is 0.0724. The van der Waals surface area contributed by atoms with E-state index in [4.69, 9.17) is 4.98 Å². The van der Waals surface area contributed by atoms with Gasteiger partial charge in [0.1, 0.15) is 5.82 Å². The van der Waals surface area contributed by atoms with Gasteiger partial charge in [0.15, 0.2) is 0 Å². The van der Waals surface area contributed by atoms with Crippen LogP contribution in [0.2, 0.25) is 0 Å². The number of hydrogen-bond donors (Lipinski definition) is 0. The summed E-state index contributed by atoms with van der Waals surface area (Å²) in [6.07, 6.45) is 3.51. The molecule has 1 saturated heterocycles. The largest absolute Gasteiger partial charge is 0.338 e. The Hall–Kier alpha value is -2.76. The highest BCUT2D eigenvalue weighted by molar-refractivity contribution is 5.94. The summed E-state index contributed by atoms with van der Waals surface area (Å²) in [5.74, 6) is 1.16. The molecule has 6 nitrogen and oxygen atoms in total. The molecule has 0 bridgehead atoms. The predicted octanol–water partition coefficient (Wildman–Crippen LogP) is 2.01. The van der Waals surface area contributed by atoms with Gasteiger partial charge in [-0.3, -0.25) is 9.59 Å². The summed E-state index contributed by atoms with van der Waals surface area (Å²) in [7, 11) is 0. The van der Waals surface area contributed by atoms with Gasteiger partial charge in [-0.25, -0.2) is 9.97 Å². The highest BCUT2D eigenvalue weighted by Gasteiger charge is 2.30. The first-order chi connectivity index (χ1) is 12.6. The summed E-state index contributed by atoms with van der Waals surface area (Å²) >= 11 is 0. The highest BCUT2D eigenvalue weighted by Crippen LogP contribution is 2.27. The monoisotopic (exact) mass is 350 g/mol. The number of hydrogen-bond acceptors (Lipinski definition) is 4. The second kappa shape index (κ2) is 6.86. The maximum Gasteiger partial charge on any atom is 0.253 e. The third kappa shape index (κ3) is 3.19. The topological polar surface area (TPSA) is 66.4 Å². The number of carbonyl (C=O) groups is 2. The van der Waals surface area contributed by atoms with Crippen molar-refractivity contribution in [3.63, 3.8) is 0 Å². The Morgan fingerprint density at radius 3 is 2.69 bits per heavy atom. The first kappa shape index (κ1) is 16.7. The molecule has 0 saturated carbocycles. The van der Waals surface area contributed by atoms with Crippen LogP contribution in [0.3, 0.4) is 0 Å². The molecule has 2 amide bonds. The van der Waals surface area contributed by atoms with Crippen LogP contribution >= 0.6 is 0 Å². The van der Waals surface area contributed by atoms with Crippen molar-refractivity contribution in [2.24, 2.45) is 0 Å². The number of amides is 2. The van der Waals surface area contributed by atoms with Crippen LogP contribution in [0.25, 0.3) is 0 Å². The summed E-state index contributed by atoms with van der Waals surface area (Å²) in [6, 6.07) is 9.39. The standard InChI is InChI=1S/C20H22N4O2/c1-14(25)23-10-8-18-17(13-23)11-21-19(22-18)16-7-9-24(12-16)20(26)15-5-3-2-4-6-15/h2-6,11,16H,7-10,12-13H2,1H3/t16-/m0/s1. The molecule has 0 spiro atoms.